The molecule has 0 radical (unpaired) electrons. The molecule has 1 aromatic heterocycles. The highest BCUT2D eigenvalue weighted by atomic mass is 35.5. The van der Waals surface area contributed by atoms with Gasteiger partial charge >= 0.3 is 5.97 Å². The molecule has 0 saturated carbocycles. The molecule has 6 nitrogen and oxygen atoms in total. The molecular weight excluding hydrogens is 338 g/mol. The first-order valence-electron chi connectivity index (χ1n) is 6.66. The van der Waals surface area contributed by atoms with Crippen molar-refractivity contribution in [2.45, 2.75) is 17.8 Å². The zero-order valence-electron chi connectivity index (χ0n) is 12.2. The summed E-state index contributed by atoms with van der Waals surface area (Å²) >= 11 is 7.27. The molecule has 0 fully saturated rings. The molecule has 1 amide bonds. The van der Waals surface area contributed by atoms with Gasteiger partial charge in [-0.25, -0.2) is 9.97 Å². The van der Waals surface area contributed by atoms with Crippen molar-refractivity contribution < 1.29 is 14.7 Å². The Morgan fingerprint density at radius 1 is 1.30 bits per heavy atom. The standard InChI is InChI=1S/C15H14ClN3O3S/c1-9-2-4-10(5-3-9)8-23-15-18-6-11(16)13(19-15)14(22)17-7-12(20)21/h2-6H,7-8H2,1H3,(H,17,22)(H,20,21). The summed E-state index contributed by atoms with van der Waals surface area (Å²) in [5, 5.41) is 11.3. The summed E-state index contributed by atoms with van der Waals surface area (Å²) in [5.41, 5.74) is 2.25. The lowest BCUT2D eigenvalue weighted by molar-refractivity contribution is -0.135. The molecule has 23 heavy (non-hydrogen) atoms. The average Bonchev–Trinajstić information content (AvgIpc) is 2.53. The topological polar surface area (TPSA) is 92.2 Å². The molecule has 8 heteroatoms. The number of rotatable bonds is 6. The van der Waals surface area contributed by atoms with Gasteiger partial charge in [-0.05, 0) is 12.5 Å². The van der Waals surface area contributed by atoms with Gasteiger partial charge in [0.05, 0.1) is 11.2 Å². The van der Waals surface area contributed by atoms with Crippen molar-refractivity contribution in [1.82, 2.24) is 15.3 Å². The predicted molar refractivity (Wildman–Crippen MR) is 87.8 cm³/mol. The number of hydrogen-bond donors (Lipinski definition) is 2. The number of carbonyl (C=O) groups is 2. The van der Waals surface area contributed by atoms with Gasteiger partial charge in [0.25, 0.3) is 5.91 Å². The first kappa shape index (κ1) is 17.2. The molecule has 0 aliphatic heterocycles. The van der Waals surface area contributed by atoms with Crippen LogP contribution in [0, 0.1) is 6.92 Å². The van der Waals surface area contributed by atoms with E-state index in [1.54, 1.807) is 0 Å². The fraction of sp³-hybridized carbons (Fsp3) is 0.200. The Kier molecular flexibility index (Phi) is 5.95. The van der Waals surface area contributed by atoms with Gasteiger partial charge in [-0.2, -0.15) is 0 Å². The van der Waals surface area contributed by atoms with Gasteiger partial charge in [-0.1, -0.05) is 53.2 Å². The van der Waals surface area contributed by atoms with E-state index in [1.807, 2.05) is 31.2 Å². The van der Waals surface area contributed by atoms with E-state index in [1.165, 1.54) is 23.5 Å². The third kappa shape index (κ3) is 5.22. The maximum Gasteiger partial charge on any atom is 0.322 e. The molecule has 0 atom stereocenters. The molecular formula is C15H14ClN3O3S. The molecule has 120 valence electrons. The molecule has 2 aromatic rings. The van der Waals surface area contributed by atoms with Crippen LogP contribution in [0.25, 0.3) is 0 Å². The molecule has 0 aliphatic rings. The number of thioether (sulfide) groups is 1. The second kappa shape index (κ2) is 7.94. The molecule has 1 heterocycles. The van der Waals surface area contributed by atoms with Crippen LogP contribution in [0.2, 0.25) is 5.02 Å². The van der Waals surface area contributed by atoms with Gasteiger partial charge in [0, 0.05) is 5.75 Å². The number of halogens is 1. The first-order valence-corrected chi connectivity index (χ1v) is 8.03. The van der Waals surface area contributed by atoms with Crippen molar-refractivity contribution in [2.75, 3.05) is 6.54 Å². The Bertz CT molecular complexity index is 722. The molecule has 1 aromatic carbocycles. The van der Waals surface area contributed by atoms with Crippen molar-refractivity contribution in [1.29, 1.82) is 0 Å². The van der Waals surface area contributed by atoms with E-state index in [9.17, 15) is 9.59 Å². The van der Waals surface area contributed by atoms with Crippen molar-refractivity contribution in [3.63, 3.8) is 0 Å². The van der Waals surface area contributed by atoms with Crippen molar-refractivity contribution >= 4 is 35.2 Å². The third-order valence-corrected chi connectivity index (χ3v) is 4.03. The van der Waals surface area contributed by atoms with Crippen LogP contribution in [-0.4, -0.2) is 33.5 Å². The highest BCUT2D eigenvalue weighted by molar-refractivity contribution is 7.98. The molecule has 0 unspecified atom stereocenters. The maximum atomic E-state index is 11.9. The number of carbonyl (C=O) groups excluding carboxylic acids is 1. The van der Waals surface area contributed by atoms with E-state index >= 15 is 0 Å². The Balaban J connectivity index is 2.05. The second-order valence-electron chi connectivity index (χ2n) is 4.70. The highest BCUT2D eigenvalue weighted by Crippen LogP contribution is 2.22. The minimum absolute atomic E-state index is 0.0330. The van der Waals surface area contributed by atoms with Gasteiger partial charge in [0.1, 0.15) is 6.54 Å². The van der Waals surface area contributed by atoms with E-state index in [0.717, 1.165) is 5.56 Å². The van der Waals surface area contributed by atoms with E-state index in [2.05, 4.69) is 15.3 Å². The number of amides is 1. The van der Waals surface area contributed by atoms with E-state index in [4.69, 9.17) is 16.7 Å². The molecule has 0 aliphatic carbocycles. The molecule has 0 spiro atoms. The molecule has 0 saturated heterocycles. The third-order valence-electron chi connectivity index (χ3n) is 2.83. The van der Waals surface area contributed by atoms with Crippen LogP contribution < -0.4 is 5.32 Å². The van der Waals surface area contributed by atoms with E-state index < -0.39 is 18.4 Å². The minimum atomic E-state index is -1.14. The lowest BCUT2D eigenvalue weighted by Gasteiger charge is -2.06. The van der Waals surface area contributed by atoms with Gasteiger partial charge in [0.2, 0.25) is 0 Å². The van der Waals surface area contributed by atoms with Gasteiger partial charge in [-0.15, -0.1) is 0 Å². The Labute approximate surface area is 142 Å². The summed E-state index contributed by atoms with van der Waals surface area (Å²) in [5.74, 6) is -1.13. The Morgan fingerprint density at radius 3 is 2.65 bits per heavy atom. The van der Waals surface area contributed by atoms with E-state index in [-0.39, 0.29) is 10.7 Å². The fourth-order valence-corrected chi connectivity index (χ4v) is 2.60. The summed E-state index contributed by atoms with van der Waals surface area (Å²) in [4.78, 5) is 30.5. The molecule has 0 bridgehead atoms. The zero-order chi connectivity index (χ0) is 16.8. The van der Waals surface area contributed by atoms with Crippen LogP contribution in [0.15, 0.2) is 35.6 Å². The number of benzene rings is 1. The summed E-state index contributed by atoms with van der Waals surface area (Å²) in [6.45, 7) is 1.52. The van der Waals surface area contributed by atoms with E-state index in [0.29, 0.717) is 10.9 Å². The molecule has 2 rings (SSSR count). The Hall–Kier alpha value is -2.12. The summed E-state index contributed by atoms with van der Waals surface area (Å²) in [7, 11) is 0. The fourth-order valence-electron chi connectivity index (χ4n) is 1.65. The number of aryl methyl sites for hydroxylation is 1. The number of aromatic nitrogens is 2. The molecule has 2 N–H and O–H groups in total. The van der Waals surface area contributed by atoms with Crippen molar-refractivity contribution in [3.8, 4) is 0 Å². The van der Waals surface area contributed by atoms with Crippen LogP contribution in [0.3, 0.4) is 0 Å². The number of aliphatic carboxylic acids is 1. The first-order chi connectivity index (χ1) is 11.0. The number of carboxylic acids is 1. The highest BCUT2D eigenvalue weighted by Gasteiger charge is 2.15. The van der Waals surface area contributed by atoms with Crippen molar-refractivity contribution in [2.24, 2.45) is 0 Å². The summed E-state index contributed by atoms with van der Waals surface area (Å²) in [6, 6.07) is 8.06. The van der Waals surface area contributed by atoms with Crippen LogP contribution in [0.4, 0.5) is 0 Å². The minimum Gasteiger partial charge on any atom is -0.480 e. The lowest BCUT2D eigenvalue weighted by atomic mass is 10.2. The monoisotopic (exact) mass is 351 g/mol. The quantitative estimate of drug-likeness (QED) is 0.613. The smallest absolute Gasteiger partial charge is 0.322 e. The number of carboxylic acid groups (broad SMARTS) is 1. The largest absolute Gasteiger partial charge is 0.480 e. The van der Waals surface area contributed by atoms with Gasteiger partial charge in [-0.3, -0.25) is 9.59 Å². The van der Waals surface area contributed by atoms with Crippen LogP contribution in [0.5, 0.6) is 0 Å². The summed E-state index contributed by atoms with van der Waals surface area (Å²) < 4.78 is 0. The number of nitrogens with zero attached hydrogens (tertiary/aromatic N) is 2. The lowest BCUT2D eigenvalue weighted by Crippen LogP contribution is -2.30. The second-order valence-corrected chi connectivity index (χ2v) is 6.05. The number of nitrogens with one attached hydrogen (secondary N) is 1. The van der Waals surface area contributed by atoms with Gasteiger partial charge < -0.3 is 10.4 Å². The predicted octanol–water partition coefficient (Wildman–Crippen LogP) is 2.55. The van der Waals surface area contributed by atoms with Crippen LogP contribution in [0.1, 0.15) is 21.6 Å². The van der Waals surface area contributed by atoms with Crippen LogP contribution in [-0.2, 0) is 10.5 Å². The number of hydrogen-bond acceptors (Lipinski definition) is 5. The Morgan fingerprint density at radius 2 is 2.00 bits per heavy atom. The SMILES string of the molecule is Cc1ccc(CSc2ncc(Cl)c(C(=O)NCC(=O)O)n2)cc1. The zero-order valence-corrected chi connectivity index (χ0v) is 13.8. The normalized spacial score (nSPS) is 10.3. The maximum absolute atomic E-state index is 11.9. The summed E-state index contributed by atoms with van der Waals surface area (Å²) in [6.07, 6.45) is 1.34. The van der Waals surface area contributed by atoms with Crippen LogP contribution >= 0.6 is 23.4 Å². The average molecular weight is 352 g/mol. The van der Waals surface area contributed by atoms with Gasteiger partial charge in [0.15, 0.2) is 10.9 Å². The van der Waals surface area contributed by atoms with Crippen molar-refractivity contribution in [3.05, 3.63) is 52.3 Å².